The maximum atomic E-state index is 13.7. The number of allylic oxidation sites excluding steroid dienone is 1. The van der Waals surface area contributed by atoms with Gasteiger partial charge in [-0.3, -0.25) is 0 Å². The van der Waals surface area contributed by atoms with Gasteiger partial charge in [-0.2, -0.15) is 0 Å². The molecular weight excluding hydrogens is 255 g/mol. The van der Waals surface area contributed by atoms with Gasteiger partial charge in [0, 0.05) is 11.6 Å². The van der Waals surface area contributed by atoms with Gasteiger partial charge in [0.1, 0.15) is 5.82 Å². The van der Waals surface area contributed by atoms with Crippen LogP contribution in [0.1, 0.15) is 12.5 Å². The fraction of sp³-hybridized carbons (Fsp3) is 0.118. The fourth-order valence-electron chi connectivity index (χ4n) is 1.93. The third kappa shape index (κ3) is 3.12. The summed E-state index contributed by atoms with van der Waals surface area (Å²) in [7, 11) is 1.34. The van der Waals surface area contributed by atoms with E-state index >= 15 is 0 Å². The summed E-state index contributed by atoms with van der Waals surface area (Å²) in [6, 6.07) is 14.0. The topological polar surface area (TPSA) is 26.3 Å². The number of carbonyl (C=O) groups is 1. The number of rotatable bonds is 3. The van der Waals surface area contributed by atoms with Gasteiger partial charge < -0.3 is 4.74 Å². The van der Waals surface area contributed by atoms with Gasteiger partial charge in [-0.1, -0.05) is 42.5 Å². The zero-order valence-corrected chi connectivity index (χ0v) is 11.4. The molecule has 2 aromatic rings. The van der Waals surface area contributed by atoms with Crippen LogP contribution in [0.15, 0.2) is 54.6 Å². The summed E-state index contributed by atoms with van der Waals surface area (Å²) in [6.07, 6.45) is 1.43. The Morgan fingerprint density at radius 1 is 1.10 bits per heavy atom. The van der Waals surface area contributed by atoms with Gasteiger partial charge in [0.2, 0.25) is 0 Å². The van der Waals surface area contributed by atoms with Crippen molar-refractivity contribution >= 4 is 11.5 Å². The average Bonchev–Trinajstić information content (AvgIpc) is 2.47. The summed E-state index contributed by atoms with van der Waals surface area (Å²) in [5.41, 5.74) is 3.07. The molecule has 0 aliphatic carbocycles. The molecule has 3 heteroatoms. The maximum absolute atomic E-state index is 13.7. The Bertz CT molecular complexity index is 642. The molecule has 0 atom stereocenters. The Hall–Kier alpha value is -2.42. The van der Waals surface area contributed by atoms with Crippen LogP contribution < -0.4 is 0 Å². The average molecular weight is 270 g/mol. The van der Waals surface area contributed by atoms with Crippen molar-refractivity contribution in [2.24, 2.45) is 0 Å². The monoisotopic (exact) mass is 270 g/mol. The zero-order valence-electron chi connectivity index (χ0n) is 11.4. The normalized spacial score (nSPS) is 11.2. The number of hydrogen-bond acceptors (Lipinski definition) is 2. The van der Waals surface area contributed by atoms with Gasteiger partial charge in [0.05, 0.1) is 7.11 Å². The molecule has 0 spiro atoms. The molecule has 0 amide bonds. The lowest BCUT2D eigenvalue weighted by atomic mass is 10.0. The molecule has 0 fully saturated rings. The van der Waals surface area contributed by atoms with Gasteiger partial charge in [0.15, 0.2) is 0 Å². The molecule has 2 nitrogen and oxygen atoms in total. The first-order valence-electron chi connectivity index (χ1n) is 6.23. The molecule has 0 radical (unpaired) electrons. The molecule has 0 saturated heterocycles. The summed E-state index contributed by atoms with van der Waals surface area (Å²) in [4.78, 5) is 11.2. The molecule has 0 bridgehead atoms. The SMILES string of the molecule is COC(=O)/C=C(\C)c1ccc(-c2ccccc2F)cc1. The fourth-order valence-corrected chi connectivity index (χ4v) is 1.93. The second-order valence-corrected chi connectivity index (χ2v) is 4.41. The van der Waals surface area contributed by atoms with Crippen molar-refractivity contribution in [2.75, 3.05) is 7.11 Å². The number of hydrogen-bond donors (Lipinski definition) is 0. The van der Waals surface area contributed by atoms with Gasteiger partial charge in [-0.05, 0) is 29.7 Å². The Morgan fingerprint density at radius 2 is 1.75 bits per heavy atom. The van der Waals surface area contributed by atoms with E-state index < -0.39 is 0 Å². The van der Waals surface area contributed by atoms with Crippen LogP contribution in [0.2, 0.25) is 0 Å². The van der Waals surface area contributed by atoms with Gasteiger partial charge in [-0.25, -0.2) is 9.18 Å². The number of methoxy groups -OCH3 is 1. The van der Waals surface area contributed by atoms with Crippen LogP contribution in [0.4, 0.5) is 4.39 Å². The van der Waals surface area contributed by atoms with Crippen LogP contribution in [0, 0.1) is 5.82 Å². The first-order valence-corrected chi connectivity index (χ1v) is 6.23. The van der Waals surface area contributed by atoms with E-state index in [-0.39, 0.29) is 11.8 Å². The van der Waals surface area contributed by atoms with E-state index in [0.717, 1.165) is 16.7 Å². The first-order chi connectivity index (χ1) is 9.61. The molecule has 0 aliphatic heterocycles. The lowest BCUT2D eigenvalue weighted by Gasteiger charge is -2.06. The number of esters is 1. The lowest BCUT2D eigenvalue weighted by Crippen LogP contribution is -1.95. The van der Waals surface area contributed by atoms with E-state index in [1.807, 2.05) is 31.2 Å². The largest absolute Gasteiger partial charge is 0.466 e. The van der Waals surface area contributed by atoms with E-state index in [4.69, 9.17) is 0 Å². The molecule has 2 rings (SSSR count). The third-order valence-electron chi connectivity index (χ3n) is 3.06. The van der Waals surface area contributed by atoms with Crippen LogP contribution in [0.25, 0.3) is 16.7 Å². The Labute approximate surface area is 117 Å². The van der Waals surface area contributed by atoms with E-state index in [9.17, 15) is 9.18 Å². The molecular formula is C17H15FO2. The molecule has 0 heterocycles. The molecule has 0 N–H and O–H groups in total. The second-order valence-electron chi connectivity index (χ2n) is 4.41. The summed E-state index contributed by atoms with van der Waals surface area (Å²) in [5, 5.41) is 0. The first kappa shape index (κ1) is 14.0. The third-order valence-corrected chi connectivity index (χ3v) is 3.06. The predicted octanol–water partition coefficient (Wildman–Crippen LogP) is 4.07. The number of benzene rings is 2. The van der Waals surface area contributed by atoms with Crippen molar-refractivity contribution in [1.29, 1.82) is 0 Å². The maximum Gasteiger partial charge on any atom is 0.330 e. The van der Waals surface area contributed by atoms with Crippen LogP contribution in [0.3, 0.4) is 0 Å². The highest BCUT2D eigenvalue weighted by molar-refractivity contribution is 5.91. The highest BCUT2D eigenvalue weighted by atomic mass is 19.1. The van der Waals surface area contributed by atoms with Crippen molar-refractivity contribution in [3.63, 3.8) is 0 Å². The van der Waals surface area contributed by atoms with E-state index in [1.165, 1.54) is 19.3 Å². The van der Waals surface area contributed by atoms with Gasteiger partial charge in [-0.15, -0.1) is 0 Å². The van der Waals surface area contributed by atoms with Crippen molar-refractivity contribution in [2.45, 2.75) is 6.92 Å². The summed E-state index contributed by atoms with van der Waals surface area (Å²) in [6.45, 7) is 1.83. The number of carbonyl (C=O) groups excluding carboxylic acids is 1. The number of ether oxygens (including phenoxy) is 1. The summed E-state index contributed by atoms with van der Waals surface area (Å²) >= 11 is 0. The van der Waals surface area contributed by atoms with Crippen LogP contribution in [-0.2, 0) is 9.53 Å². The van der Waals surface area contributed by atoms with Crippen LogP contribution in [0.5, 0.6) is 0 Å². The van der Waals surface area contributed by atoms with Gasteiger partial charge >= 0.3 is 5.97 Å². The molecule has 0 unspecified atom stereocenters. The van der Waals surface area contributed by atoms with Crippen molar-refractivity contribution in [3.05, 3.63) is 66.0 Å². The van der Waals surface area contributed by atoms with Crippen molar-refractivity contribution in [1.82, 2.24) is 0 Å². The summed E-state index contributed by atoms with van der Waals surface area (Å²) in [5.74, 6) is -0.636. The van der Waals surface area contributed by atoms with Crippen molar-refractivity contribution in [3.8, 4) is 11.1 Å². The molecule has 2 aromatic carbocycles. The standard InChI is InChI=1S/C17H15FO2/c1-12(11-17(19)20-2)13-7-9-14(10-8-13)15-5-3-4-6-16(15)18/h3-11H,1-2H3/b12-11+. The smallest absolute Gasteiger partial charge is 0.330 e. The number of halogens is 1. The molecule has 0 aliphatic rings. The molecule has 0 aromatic heterocycles. The molecule has 0 saturated carbocycles. The predicted molar refractivity (Wildman–Crippen MR) is 77.5 cm³/mol. The Morgan fingerprint density at radius 3 is 2.35 bits per heavy atom. The molecule has 20 heavy (non-hydrogen) atoms. The van der Waals surface area contributed by atoms with E-state index in [2.05, 4.69) is 4.74 Å². The van der Waals surface area contributed by atoms with Crippen molar-refractivity contribution < 1.29 is 13.9 Å². The molecule has 102 valence electrons. The minimum Gasteiger partial charge on any atom is -0.466 e. The second kappa shape index (κ2) is 6.15. The Kier molecular flexibility index (Phi) is 4.31. The minimum absolute atomic E-state index is 0.248. The zero-order chi connectivity index (χ0) is 14.5. The van der Waals surface area contributed by atoms with E-state index in [1.54, 1.807) is 18.2 Å². The minimum atomic E-state index is -0.388. The highest BCUT2D eigenvalue weighted by Crippen LogP contribution is 2.24. The van der Waals surface area contributed by atoms with Crippen LogP contribution >= 0.6 is 0 Å². The van der Waals surface area contributed by atoms with E-state index in [0.29, 0.717) is 5.56 Å². The van der Waals surface area contributed by atoms with Gasteiger partial charge in [0.25, 0.3) is 0 Å². The van der Waals surface area contributed by atoms with Crippen LogP contribution in [-0.4, -0.2) is 13.1 Å². The Balaban J connectivity index is 2.29. The highest BCUT2D eigenvalue weighted by Gasteiger charge is 2.05. The quantitative estimate of drug-likeness (QED) is 0.620. The lowest BCUT2D eigenvalue weighted by molar-refractivity contribution is -0.134. The summed E-state index contributed by atoms with van der Waals surface area (Å²) < 4.78 is 18.3.